The number of carbonyl (C=O) groups excluding carboxylic acids is 1. The van der Waals surface area contributed by atoms with Gasteiger partial charge in [0, 0.05) is 42.5 Å². The Kier molecular flexibility index (Phi) is 3.55. The number of piperidine rings is 1. The number of nitrogens with one attached hydrogen (secondary N) is 1. The number of aromatic nitrogens is 4. The first kappa shape index (κ1) is 16.7. The normalized spacial score (nSPS) is 18.4. The number of benzene rings is 1. The Labute approximate surface area is 167 Å². The topological polar surface area (TPSA) is 75.5 Å². The summed E-state index contributed by atoms with van der Waals surface area (Å²) in [6, 6.07) is 12.0. The van der Waals surface area contributed by atoms with Gasteiger partial charge >= 0.3 is 0 Å². The van der Waals surface area contributed by atoms with E-state index in [1.165, 1.54) is 16.6 Å². The number of ether oxygens (including phenoxy) is 1. The first-order valence-electron chi connectivity index (χ1n) is 10.1. The minimum Gasteiger partial charge on any atom is -0.368 e. The predicted octanol–water partition coefficient (Wildman–Crippen LogP) is 2.91. The molecule has 4 aromatic rings. The lowest BCUT2D eigenvalue weighted by Crippen LogP contribution is -2.48. The minimum absolute atomic E-state index is 0.0435. The van der Waals surface area contributed by atoms with Crippen molar-refractivity contribution in [2.24, 2.45) is 0 Å². The molecule has 1 amide bonds. The van der Waals surface area contributed by atoms with Crippen LogP contribution in [0.5, 0.6) is 0 Å². The Bertz CT molecular complexity index is 1200. The second kappa shape index (κ2) is 6.15. The van der Waals surface area contributed by atoms with Crippen molar-refractivity contribution in [2.75, 3.05) is 19.7 Å². The highest BCUT2D eigenvalue weighted by atomic mass is 16.5. The zero-order valence-electron chi connectivity index (χ0n) is 16.0. The number of amides is 1. The molecule has 1 N–H and O–H groups in total. The van der Waals surface area contributed by atoms with E-state index in [-0.39, 0.29) is 11.5 Å². The third kappa shape index (κ3) is 2.50. The number of rotatable bonds is 1. The minimum atomic E-state index is -0.330. The second-order valence-electron chi connectivity index (χ2n) is 7.86. The first-order chi connectivity index (χ1) is 14.2. The molecule has 0 saturated carbocycles. The molecule has 1 fully saturated rings. The van der Waals surface area contributed by atoms with Crippen LogP contribution in [0, 0.1) is 0 Å². The number of aromatic amines is 1. The molecular formula is C22H21N5O2. The average molecular weight is 387 g/mol. The van der Waals surface area contributed by atoms with Crippen LogP contribution in [0.25, 0.3) is 16.6 Å². The molecule has 0 atom stereocenters. The van der Waals surface area contributed by atoms with Crippen LogP contribution in [0.3, 0.4) is 0 Å². The molecule has 7 heteroatoms. The fraction of sp³-hybridized carbons (Fsp3) is 0.318. The Morgan fingerprint density at radius 1 is 1.17 bits per heavy atom. The number of H-pyrrole nitrogens is 1. The van der Waals surface area contributed by atoms with Gasteiger partial charge in [0.05, 0.1) is 12.3 Å². The predicted molar refractivity (Wildman–Crippen MR) is 108 cm³/mol. The van der Waals surface area contributed by atoms with Gasteiger partial charge in [-0.05, 0) is 37.0 Å². The van der Waals surface area contributed by atoms with Gasteiger partial charge < -0.3 is 14.6 Å². The van der Waals surface area contributed by atoms with Crippen molar-refractivity contribution in [1.82, 2.24) is 24.5 Å². The van der Waals surface area contributed by atoms with Crippen molar-refractivity contribution >= 4 is 22.5 Å². The van der Waals surface area contributed by atoms with Crippen LogP contribution >= 0.6 is 0 Å². The molecule has 29 heavy (non-hydrogen) atoms. The molecule has 0 bridgehead atoms. The van der Waals surface area contributed by atoms with E-state index in [1.54, 1.807) is 29.0 Å². The summed E-state index contributed by atoms with van der Waals surface area (Å²) in [5.74, 6) is -0.0435. The molecule has 2 aliphatic heterocycles. The van der Waals surface area contributed by atoms with Gasteiger partial charge in [-0.25, -0.2) is 9.50 Å². The van der Waals surface area contributed by atoms with E-state index < -0.39 is 0 Å². The molecule has 2 aliphatic rings. The third-order valence-electron chi connectivity index (χ3n) is 6.31. The van der Waals surface area contributed by atoms with Crippen LogP contribution in [0.2, 0.25) is 0 Å². The zero-order valence-corrected chi connectivity index (χ0v) is 16.0. The SMILES string of the molecule is O=C(c1cc2ncccn2n1)N1CCC2(CC1)OCCc1c2[nH]c2ccccc12. The molecule has 0 radical (unpaired) electrons. The van der Waals surface area contributed by atoms with Crippen molar-refractivity contribution in [2.45, 2.75) is 24.9 Å². The summed E-state index contributed by atoms with van der Waals surface area (Å²) in [6.07, 6.45) is 6.00. The molecular weight excluding hydrogens is 366 g/mol. The van der Waals surface area contributed by atoms with Gasteiger partial charge in [0.15, 0.2) is 11.3 Å². The number of hydrogen-bond donors (Lipinski definition) is 1. The van der Waals surface area contributed by atoms with E-state index in [4.69, 9.17) is 4.74 Å². The summed E-state index contributed by atoms with van der Waals surface area (Å²) in [7, 11) is 0. The molecule has 0 aliphatic carbocycles. The van der Waals surface area contributed by atoms with E-state index in [2.05, 4.69) is 39.3 Å². The Hall–Kier alpha value is -3.19. The lowest BCUT2D eigenvalue weighted by molar-refractivity contribution is -0.0957. The van der Waals surface area contributed by atoms with Gasteiger partial charge in [-0.3, -0.25) is 4.79 Å². The van der Waals surface area contributed by atoms with Crippen LogP contribution in [0.15, 0.2) is 48.8 Å². The third-order valence-corrected chi connectivity index (χ3v) is 6.31. The van der Waals surface area contributed by atoms with Crippen molar-refractivity contribution in [3.05, 3.63) is 65.7 Å². The fourth-order valence-electron chi connectivity index (χ4n) is 4.83. The van der Waals surface area contributed by atoms with Gasteiger partial charge in [-0.1, -0.05) is 18.2 Å². The van der Waals surface area contributed by atoms with E-state index in [9.17, 15) is 4.79 Å². The maximum atomic E-state index is 13.0. The smallest absolute Gasteiger partial charge is 0.274 e. The highest BCUT2D eigenvalue weighted by Gasteiger charge is 2.43. The fourth-order valence-corrected chi connectivity index (χ4v) is 4.83. The molecule has 146 valence electrons. The number of para-hydroxylation sites is 1. The van der Waals surface area contributed by atoms with Crippen LogP contribution in [-0.2, 0) is 16.8 Å². The molecule has 1 spiro atoms. The highest BCUT2D eigenvalue weighted by Crippen LogP contribution is 2.43. The van der Waals surface area contributed by atoms with Crippen molar-refractivity contribution in [3.63, 3.8) is 0 Å². The summed E-state index contributed by atoms with van der Waals surface area (Å²) in [4.78, 5) is 22.7. The monoisotopic (exact) mass is 387 g/mol. The Morgan fingerprint density at radius 3 is 2.90 bits per heavy atom. The van der Waals surface area contributed by atoms with E-state index >= 15 is 0 Å². The van der Waals surface area contributed by atoms with Crippen molar-refractivity contribution in [3.8, 4) is 0 Å². The van der Waals surface area contributed by atoms with E-state index in [1.807, 2.05) is 4.90 Å². The molecule has 0 unspecified atom stereocenters. The molecule has 7 nitrogen and oxygen atoms in total. The van der Waals surface area contributed by atoms with Gasteiger partial charge in [-0.2, -0.15) is 5.10 Å². The lowest BCUT2D eigenvalue weighted by atomic mass is 9.83. The number of likely N-dealkylation sites (tertiary alicyclic amines) is 1. The van der Waals surface area contributed by atoms with Crippen LogP contribution in [-0.4, -0.2) is 50.1 Å². The molecule has 1 aromatic carbocycles. The average Bonchev–Trinajstić information content (AvgIpc) is 3.36. The van der Waals surface area contributed by atoms with Gasteiger partial charge in [-0.15, -0.1) is 0 Å². The molecule has 1 saturated heterocycles. The number of fused-ring (bicyclic) bond motifs is 5. The maximum absolute atomic E-state index is 13.0. The zero-order chi connectivity index (χ0) is 19.4. The lowest BCUT2D eigenvalue weighted by Gasteiger charge is -2.43. The van der Waals surface area contributed by atoms with Crippen LogP contribution in [0.4, 0.5) is 0 Å². The Morgan fingerprint density at radius 2 is 2.03 bits per heavy atom. The quantitative estimate of drug-likeness (QED) is 0.545. The van der Waals surface area contributed by atoms with E-state index in [0.717, 1.165) is 31.4 Å². The van der Waals surface area contributed by atoms with Crippen LogP contribution in [0.1, 0.15) is 34.6 Å². The summed E-state index contributed by atoms with van der Waals surface area (Å²) >= 11 is 0. The largest absolute Gasteiger partial charge is 0.368 e. The highest BCUT2D eigenvalue weighted by molar-refractivity contribution is 5.93. The first-order valence-corrected chi connectivity index (χ1v) is 10.1. The standard InChI is InChI=1S/C22H21N5O2/c28-21(18-14-19-23-9-3-10-27(19)25-18)26-11-7-22(8-12-26)20-16(6-13-29-22)15-4-1-2-5-17(15)24-20/h1-5,9-10,14,24H,6-8,11-13H2. The second-order valence-corrected chi connectivity index (χ2v) is 7.86. The molecule has 6 rings (SSSR count). The van der Waals surface area contributed by atoms with Gasteiger partial charge in [0.2, 0.25) is 0 Å². The summed E-state index contributed by atoms with van der Waals surface area (Å²) in [5.41, 5.74) is 4.53. The summed E-state index contributed by atoms with van der Waals surface area (Å²) in [5, 5.41) is 5.67. The maximum Gasteiger partial charge on any atom is 0.274 e. The molecule has 3 aromatic heterocycles. The van der Waals surface area contributed by atoms with Crippen molar-refractivity contribution in [1.29, 1.82) is 0 Å². The number of nitrogens with zero attached hydrogens (tertiary/aromatic N) is 4. The van der Waals surface area contributed by atoms with E-state index in [0.29, 0.717) is 24.4 Å². The summed E-state index contributed by atoms with van der Waals surface area (Å²) in [6.45, 7) is 2.02. The van der Waals surface area contributed by atoms with Crippen LogP contribution < -0.4 is 0 Å². The van der Waals surface area contributed by atoms with Gasteiger partial charge in [0.25, 0.3) is 5.91 Å². The summed E-state index contributed by atoms with van der Waals surface area (Å²) < 4.78 is 7.98. The number of carbonyl (C=O) groups is 1. The number of hydrogen-bond acceptors (Lipinski definition) is 4. The Balaban J connectivity index is 1.27. The van der Waals surface area contributed by atoms with Crippen molar-refractivity contribution < 1.29 is 9.53 Å². The molecule has 5 heterocycles. The van der Waals surface area contributed by atoms with Gasteiger partial charge in [0.1, 0.15) is 5.60 Å².